The summed E-state index contributed by atoms with van der Waals surface area (Å²) >= 11 is 5.99. The van der Waals surface area contributed by atoms with E-state index >= 15 is 0 Å². The van der Waals surface area contributed by atoms with Gasteiger partial charge in [0.2, 0.25) is 0 Å². The van der Waals surface area contributed by atoms with Crippen molar-refractivity contribution in [2.24, 2.45) is 0 Å². The largest absolute Gasteiger partial charge is 0.495 e. The molecule has 128 valence electrons. The van der Waals surface area contributed by atoms with Crippen LogP contribution in [0.5, 0.6) is 11.5 Å². The molecular formula is C19H22ClNO3. The van der Waals surface area contributed by atoms with Gasteiger partial charge < -0.3 is 14.8 Å². The molecular weight excluding hydrogens is 326 g/mol. The van der Waals surface area contributed by atoms with Gasteiger partial charge in [-0.05, 0) is 61.7 Å². The summed E-state index contributed by atoms with van der Waals surface area (Å²) in [7, 11) is 1.54. The fourth-order valence-corrected chi connectivity index (χ4v) is 2.44. The van der Waals surface area contributed by atoms with Crippen molar-refractivity contribution < 1.29 is 14.3 Å². The molecule has 0 radical (unpaired) electrons. The minimum absolute atomic E-state index is 0.240. The van der Waals surface area contributed by atoms with Crippen LogP contribution < -0.4 is 14.8 Å². The average Bonchev–Trinajstić information content (AvgIpc) is 2.56. The molecule has 0 bridgehead atoms. The highest BCUT2D eigenvalue weighted by atomic mass is 35.5. The standard InChI is InChI=1S/C19H22ClNO3/c1-5-17(24-15-8-6-12(2)13(3)10-15)19(22)21-16-11-14(20)7-9-18(16)23-4/h6-11,17H,5H2,1-4H3,(H,21,22)/t17-/m0/s1. The number of hydrogen-bond acceptors (Lipinski definition) is 3. The van der Waals surface area contributed by atoms with Crippen molar-refractivity contribution in [3.63, 3.8) is 0 Å². The lowest BCUT2D eigenvalue weighted by atomic mass is 10.1. The topological polar surface area (TPSA) is 47.6 Å². The quantitative estimate of drug-likeness (QED) is 0.819. The van der Waals surface area contributed by atoms with E-state index in [4.69, 9.17) is 21.1 Å². The number of rotatable bonds is 6. The van der Waals surface area contributed by atoms with Crippen LogP contribution in [0.15, 0.2) is 36.4 Å². The van der Waals surface area contributed by atoms with Crippen molar-refractivity contribution >= 4 is 23.2 Å². The zero-order chi connectivity index (χ0) is 17.7. The molecule has 0 aliphatic carbocycles. The van der Waals surface area contributed by atoms with Crippen LogP contribution in [0.3, 0.4) is 0 Å². The van der Waals surface area contributed by atoms with Crippen LogP contribution in [0.1, 0.15) is 24.5 Å². The molecule has 0 fully saturated rings. The third-order valence-electron chi connectivity index (χ3n) is 3.84. The minimum Gasteiger partial charge on any atom is -0.495 e. The summed E-state index contributed by atoms with van der Waals surface area (Å²) in [5.74, 6) is 0.989. The molecule has 0 aromatic heterocycles. The third kappa shape index (κ3) is 4.42. The van der Waals surface area contributed by atoms with E-state index in [2.05, 4.69) is 5.32 Å². The van der Waals surface area contributed by atoms with Gasteiger partial charge in [0.15, 0.2) is 6.10 Å². The number of nitrogens with one attached hydrogen (secondary N) is 1. The summed E-state index contributed by atoms with van der Waals surface area (Å²) < 4.78 is 11.1. The lowest BCUT2D eigenvalue weighted by Gasteiger charge is -2.19. The summed E-state index contributed by atoms with van der Waals surface area (Å²) in [6, 6.07) is 10.9. The number of anilines is 1. The van der Waals surface area contributed by atoms with Gasteiger partial charge in [-0.15, -0.1) is 0 Å². The van der Waals surface area contributed by atoms with Crippen molar-refractivity contribution in [1.82, 2.24) is 0 Å². The first-order chi connectivity index (χ1) is 11.4. The van der Waals surface area contributed by atoms with Gasteiger partial charge in [-0.25, -0.2) is 0 Å². The molecule has 2 rings (SSSR count). The SMILES string of the molecule is CC[C@H](Oc1ccc(C)c(C)c1)C(=O)Nc1cc(Cl)ccc1OC. The highest BCUT2D eigenvalue weighted by molar-refractivity contribution is 6.31. The summed E-state index contributed by atoms with van der Waals surface area (Å²) in [5.41, 5.74) is 2.83. The number of hydrogen-bond donors (Lipinski definition) is 1. The van der Waals surface area contributed by atoms with E-state index in [0.29, 0.717) is 28.6 Å². The molecule has 4 nitrogen and oxygen atoms in total. The molecule has 1 N–H and O–H groups in total. The molecule has 0 saturated carbocycles. The van der Waals surface area contributed by atoms with Crippen LogP contribution in [-0.2, 0) is 4.79 Å². The number of methoxy groups -OCH3 is 1. The van der Waals surface area contributed by atoms with E-state index in [1.807, 2.05) is 39.0 Å². The van der Waals surface area contributed by atoms with E-state index in [-0.39, 0.29) is 5.91 Å². The van der Waals surface area contributed by atoms with E-state index in [1.54, 1.807) is 25.3 Å². The second kappa shape index (κ2) is 8.06. The Morgan fingerprint density at radius 2 is 1.92 bits per heavy atom. The third-order valence-corrected chi connectivity index (χ3v) is 4.07. The lowest BCUT2D eigenvalue weighted by molar-refractivity contribution is -0.122. The number of benzene rings is 2. The van der Waals surface area contributed by atoms with Crippen molar-refractivity contribution in [3.05, 3.63) is 52.5 Å². The fourth-order valence-electron chi connectivity index (χ4n) is 2.26. The van der Waals surface area contributed by atoms with Crippen LogP contribution in [-0.4, -0.2) is 19.1 Å². The Hall–Kier alpha value is -2.20. The van der Waals surface area contributed by atoms with Crippen molar-refractivity contribution in [1.29, 1.82) is 0 Å². The molecule has 2 aromatic carbocycles. The maximum Gasteiger partial charge on any atom is 0.265 e. The van der Waals surface area contributed by atoms with Gasteiger partial charge in [-0.2, -0.15) is 0 Å². The van der Waals surface area contributed by atoms with Gasteiger partial charge in [0.05, 0.1) is 12.8 Å². The van der Waals surface area contributed by atoms with Crippen molar-refractivity contribution in [2.75, 3.05) is 12.4 Å². The van der Waals surface area contributed by atoms with Gasteiger partial charge in [0.1, 0.15) is 11.5 Å². The lowest BCUT2D eigenvalue weighted by Crippen LogP contribution is -2.32. The molecule has 5 heteroatoms. The number of amides is 1. The molecule has 0 saturated heterocycles. The molecule has 0 heterocycles. The molecule has 2 aromatic rings. The first-order valence-electron chi connectivity index (χ1n) is 7.83. The summed E-state index contributed by atoms with van der Waals surface area (Å²) in [6.07, 6.45) is -0.0578. The molecule has 0 aliphatic rings. The normalized spacial score (nSPS) is 11.7. The van der Waals surface area contributed by atoms with E-state index in [9.17, 15) is 4.79 Å². The Morgan fingerprint density at radius 3 is 2.54 bits per heavy atom. The summed E-state index contributed by atoms with van der Waals surface area (Å²) in [4.78, 5) is 12.5. The Labute approximate surface area is 147 Å². The van der Waals surface area contributed by atoms with Crippen LogP contribution >= 0.6 is 11.6 Å². The highest BCUT2D eigenvalue weighted by Crippen LogP contribution is 2.28. The average molecular weight is 348 g/mol. The smallest absolute Gasteiger partial charge is 0.265 e. The zero-order valence-electron chi connectivity index (χ0n) is 14.4. The number of ether oxygens (including phenoxy) is 2. The number of halogens is 1. The fraction of sp³-hybridized carbons (Fsp3) is 0.316. The van der Waals surface area contributed by atoms with Crippen LogP contribution in [0.4, 0.5) is 5.69 Å². The number of carbonyl (C=O) groups is 1. The molecule has 24 heavy (non-hydrogen) atoms. The Balaban J connectivity index is 2.14. The predicted molar refractivity (Wildman–Crippen MR) is 97.3 cm³/mol. The Morgan fingerprint density at radius 1 is 1.17 bits per heavy atom. The Kier molecular flexibility index (Phi) is 6.10. The Bertz CT molecular complexity index is 731. The predicted octanol–water partition coefficient (Wildman–Crippen LogP) is 4.76. The van der Waals surface area contributed by atoms with Crippen molar-refractivity contribution in [3.8, 4) is 11.5 Å². The van der Waals surface area contributed by atoms with E-state index < -0.39 is 6.10 Å². The monoisotopic (exact) mass is 347 g/mol. The maximum atomic E-state index is 12.5. The molecule has 0 unspecified atom stereocenters. The zero-order valence-corrected chi connectivity index (χ0v) is 15.1. The van der Waals surface area contributed by atoms with Crippen LogP contribution in [0.2, 0.25) is 5.02 Å². The van der Waals surface area contributed by atoms with Crippen molar-refractivity contribution in [2.45, 2.75) is 33.3 Å². The van der Waals surface area contributed by atoms with Gasteiger partial charge in [0, 0.05) is 5.02 Å². The second-order valence-corrected chi connectivity index (χ2v) is 6.03. The van der Waals surface area contributed by atoms with Gasteiger partial charge in [-0.1, -0.05) is 24.6 Å². The van der Waals surface area contributed by atoms with Gasteiger partial charge in [-0.3, -0.25) is 4.79 Å². The van der Waals surface area contributed by atoms with Crippen LogP contribution in [0, 0.1) is 13.8 Å². The highest BCUT2D eigenvalue weighted by Gasteiger charge is 2.20. The van der Waals surface area contributed by atoms with E-state index in [1.165, 1.54) is 5.56 Å². The molecule has 0 aliphatic heterocycles. The van der Waals surface area contributed by atoms with Crippen LogP contribution in [0.25, 0.3) is 0 Å². The molecule has 1 atom stereocenters. The molecule has 0 spiro atoms. The van der Waals surface area contributed by atoms with Gasteiger partial charge in [0.25, 0.3) is 5.91 Å². The summed E-state index contributed by atoms with van der Waals surface area (Å²) in [6.45, 7) is 5.95. The summed E-state index contributed by atoms with van der Waals surface area (Å²) in [5, 5.41) is 3.35. The molecule has 1 amide bonds. The number of carbonyl (C=O) groups excluding carboxylic acids is 1. The number of aryl methyl sites for hydroxylation is 2. The maximum absolute atomic E-state index is 12.5. The first kappa shape index (κ1) is 18.1. The van der Waals surface area contributed by atoms with E-state index in [0.717, 1.165) is 5.56 Å². The van der Waals surface area contributed by atoms with Gasteiger partial charge >= 0.3 is 0 Å². The first-order valence-corrected chi connectivity index (χ1v) is 8.20. The minimum atomic E-state index is -0.601. The second-order valence-electron chi connectivity index (χ2n) is 5.59.